The van der Waals surface area contributed by atoms with Crippen LogP contribution >= 0.6 is 0 Å². The summed E-state index contributed by atoms with van der Waals surface area (Å²) >= 11 is 0. The fraction of sp³-hybridized carbons (Fsp3) is 0.417. The zero-order valence-electron chi connectivity index (χ0n) is 9.58. The van der Waals surface area contributed by atoms with E-state index in [0.717, 1.165) is 37.4 Å². The number of nitrogens with one attached hydrogen (secondary N) is 1. The fourth-order valence-electron chi connectivity index (χ4n) is 2.28. The van der Waals surface area contributed by atoms with Crippen molar-refractivity contribution in [3.63, 3.8) is 0 Å². The molecule has 1 N–H and O–H groups in total. The zero-order valence-corrected chi connectivity index (χ0v) is 9.58. The Labute approximate surface area is 99.8 Å². The van der Waals surface area contributed by atoms with E-state index in [1.54, 1.807) is 0 Å². The Morgan fingerprint density at radius 1 is 1.12 bits per heavy atom. The van der Waals surface area contributed by atoms with E-state index in [0.29, 0.717) is 5.92 Å². The van der Waals surface area contributed by atoms with Crippen molar-refractivity contribution in [1.29, 1.82) is 0 Å². The van der Waals surface area contributed by atoms with Gasteiger partial charge in [0.05, 0.1) is 5.69 Å². The molecule has 5 heteroatoms. The van der Waals surface area contributed by atoms with Crippen molar-refractivity contribution in [1.82, 2.24) is 25.5 Å². The van der Waals surface area contributed by atoms with Gasteiger partial charge in [-0.2, -0.15) is 4.68 Å². The Bertz CT molecular complexity index is 473. The van der Waals surface area contributed by atoms with Gasteiger partial charge in [0.25, 0.3) is 0 Å². The van der Waals surface area contributed by atoms with Gasteiger partial charge in [-0.15, -0.1) is 5.10 Å². The van der Waals surface area contributed by atoms with Crippen molar-refractivity contribution >= 4 is 0 Å². The highest BCUT2D eigenvalue weighted by atomic mass is 15.5. The van der Waals surface area contributed by atoms with E-state index in [1.165, 1.54) is 0 Å². The number of rotatable bonds is 2. The number of aromatic nitrogens is 4. The van der Waals surface area contributed by atoms with Crippen LogP contribution in [0.3, 0.4) is 0 Å². The van der Waals surface area contributed by atoms with E-state index in [-0.39, 0.29) is 0 Å². The van der Waals surface area contributed by atoms with E-state index in [1.807, 2.05) is 35.0 Å². The molecule has 0 bridgehead atoms. The normalized spacial score (nSPS) is 17.2. The minimum Gasteiger partial charge on any atom is -0.317 e. The molecule has 1 aromatic carbocycles. The Kier molecular flexibility index (Phi) is 2.83. The molecule has 1 aromatic heterocycles. The molecule has 0 unspecified atom stereocenters. The Morgan fingerprint density at radius 3 is 2.65 bits per heavy atom. The van der Waals surface area contributed by atoms with Crippen LogP contribution in [0.15, 0.2) is 30.3 Å². The van der Waals surface area contributed by atoms with Crippen LogP contribution in [0.25, 0.3) is 5.69 Å². The van der Waals surface area contributed by atoms with Gasteiger partial charge in [-0.05, 0) is 48.5 Å². The molecule has 5 nitrogen and oxygen atoms in total. The van der Waals surface area contributed by atoms with Gasteiger partial charge in [0, 0.05) is 5.92 Å². The average Bonchev–Trinajstić information content (AvgIpc) is 2.90. The molecule has 1 fully saturated rings. The lowest BCUT2D eigenvalue weighted by Gasteiger charge is -2.21. The maximum atomic E-state index is 4.19. The van der Waals surface area contributed by atoms with Gasteiger partial charge in [-0.25, -0.2) is 0 Å². The summed E-state index contributed by atoms with van der Waals surface area (Å²) in [5, 5.41) is 15.5. The average molecular weight is 229 g/mol. The van der Waals surface area contributed by atoms with E-state index < -0.39 is 0 Å². The van der Waals surface area contributed by atoms with Crippen LogP contribution in [-0.2, 0) is 0 Å². The first-order chi connectivity index (χ1) is 8.45. The molecule has 0 saturated carbocycles. The first kappa shape index (κ1) is 10.4. The summed E-state index contributed by atoms with van der Waals surface area (Å²) in [6.07, 6.45) is 2.21. The third kappa shape index (κ3) is 2.06. The Balaban J connectivity index is 1.93. The van der Waals surface area contributed by atoms with E-state index in [4.69, 9.17) is 0 Å². The lowest BCUT2D eigenvalue weighted by Crippen LogP contribution is -2.28. The highest BCUT2D eigenvalue weighted by Crippen LogP contribution is 2.24. The second-order valence-electron chi connectivity index (χ2n) is 4.31. The molecule has 1 saturated heterocycles. The summed E-state index contributed by atoms with van der Waals surface area (Å²) < 4.78 is 1.86. The third-order valence-corrected chi connectivity index (χ3v) is 3.20. The van der Waals surface area contributed by atoms with Gasteiger partial charge in [0.2, 0.25) is 0 Å². The van der Waals surface area contributed by atoms with E-state index >= 15 is 0 Å². The summed E-state index contributed by atoms with van der Waals surface area (Å²) in [5.74, 6) is 1.45. The minimum atomic E-state index is 0.464. The maximum absolute atomic E-state index is 4.19. The molecule has 88 valence electrons. The fourth-order valence-corrected chi connectivity index (χ4v) is 2.28. The summed E-state index contributed by atoms with van der Waals surface area (Å²) in [5.41, 5.74) is 1.03. The number of nitrogens with zero attached hydrogens (tertiary/aromatic N) is 4. The lowest BCUT2D eigenvalue weighted by molar-refractivity contribution is 0.438. The summed E-state index contributed by atoms with van der Waals surface area (Å²) in [6.45, 7) is 2.10. The summed E-state index contributed by atoms with van der Waals surface area (Å²) in [4.78, 5) is 0. The summed E-state index contributed by atoms with van der Waals surface area (Å²) in [6, 6.07) is 10.1. The third-order valence-electron chi connectivity index (χ3n) is 3.20. The van der Waals surface area contributed by atoms with Crippen LogP contribution in [0.2, 0.25) is 0 Å². The molecule has 17 heavy (non-hydrogen) atoms. The van der Waals surface area contributed by atoms with Gasteiger partial charge in [-0.3, -0.25) is 0 Å². The number of piperidine rings is 1. The highest BCUT2D eigenvalue weighted by Gasteiger charge is 2.21. The van der Waals surface area contributed by atoms with E-state index in [2.05, 4.69) is 20.8 Å². The number of benzene rings is 1. The van der Waals surface area contributed by atoms with Crippen LogP contribution in [0.5, 0.6) is 0 Å². The van der Waals surface area contributed by atoms with E-state index in [9.17, 15) is 0 Å². The quantitative estimate of drug-likeness (QED) is 0.838. The lowest BCUT2D eigenvalue weighted by atomic mass is 9.97. The zero-order chi connectivity index (χ0) is 11.5. The number of para-hydroxylation sites is 1. The largest absolute Gasteiger partial charge is 0.317 e. The number of hydrogen-bond donors (Lipinski definition) is 1. The van der Waals surface area contributed by atoms with Gasteiger partial charge in [-0.1, -0.05) is 18.2 Å². The maximum Gasteiger partial charge on any atom is 0.159 e. The molecule has 2 aromatic rings. The standard InChI is InChI=1S/C12H15N5/c1-2-4-11(5-3-1)17-12(14-15-16-17)10-6-8-13-9-7-10/h1-5,10,13H,6-9H2. The molecule has 0 aliphatic carbocycles. The van der Waals surface area contributed by atoms with Gasteiger partial charge >= 0.3 is 0 Å². The van der Waals surface area contributed by atoms with Crippen molar-refractivity contribution in [3.05, 3.63) is 36.2 Å². The topological polar surface area (TPSA) is 55.6 Å². The molecule has 0 radical (unpaired) electrons. The second kappa shape index (κ2) is 4.63. The van der Waals surface area contributed by atoms with Crippen molar-refractivity contribution in [3.8, 4) is 5.69 Å². The predicted octanol–water partition coefficient (Wildman–Crippen LogP) is 1.13. The molecule has 0 spiro atoms. The van der Waals surface area contributed by atoms with Gasteiger partial charge < -0.3 is 5.32 Å². The van der Waals surface area contributed by atoms with Crippen LogP contribution in [0.4, 0.5) is 0 Å². The highest BCUT2D eigenvalue weighted by molar-refractivity contribution is 5.31. The van der Waals surface area contributed by atoms with Crippen molar-refractivity contribution < 1.29 is 0 Å². The number of tetrazole rings is 1. The SMILES string of the molecule is c1ccc(-n2nnnc2C2CCNCC2)cc1. The first-order valence-electron chi connectivity index (χ1n) is 5.99. The molecule has 0 amide bonds. The monoisotopic (exact) mass is 229 g/mol. The van der Waals surface area contributed by atoms with Gasteiger partial charge in [0.15, 0.2) is 5.82 Å². The molecule has 2 heterocycles. The molecule has 1 aliphatic heterocycles. The first-order valence-corrected chi connectivity index (χ1v) is 5.99. The van der Waals surface area contributed by atoms with Crippen molar-refractivity contribution in [2.45, 2.75) is 18.8 Å². The minimum absolute atomic E-state index is 0.464. The van der Waals surface area contributed by atoms with Gasteiger partial charge in [0.1, 0.15) is 0 Å². The van der Waals surface area contributed by atoms with Crippen LogP contribution < -0.4 is 5.32 Å². The molecule has 0 atom stereocenters. The Hall–Kier alpha value is -1.75. The molecular formula is C12H15N5. The van der Waals surface area contributed by atoms with Crippen LogP contribution in [-0.4, -0.2) is 33.3 Å². The van der Waals surface area contributed by atoms with Crippen LogP contribution in [0, 0.1) is 0 Å². The summed E-state index contributed by atoms with van der Waals surface area (Å²) in [7, 11) is 0. The van der Waals surface area contributed by atoms with Crippen LogP contribution in [0.1, 0.15) is 24.6 Å². The molecule has 3 rings (SSSR count). The second-order valence-corrected chi connectivity index (χ2v) is 4.31. The molecule has 1 aliphatic rings. The Morgan fingerprint density at radius 2 is 1.88 bits per heavy atom. The van der Waals surface area contributed by atoms with Crippen molar-refractivity contribution in [2.75, 3.05) is 13.1 Å². The smallest absolute Gasteiger partial charge is 0.159 e. The number of hydrogen-bond acceptors (Lipinski definition) is 4. The van der Waals surface area contributed by atoms with Crippen molar-refractivity contribution in [2.24, 2.45) is 0 Å². The predicted molar refractivity (Wildman–Crippen MR) is 64.0 cm³/mol. The molecular weight excluding hydrogens is 214 g/mol.